The minimum Gasteiger partial charge on any atom is -0.345 e. The van der Waals surface area contributed by atoms with Crippen LogP contribution in [0.25, 0.3) is 11.4 Å². The summed E-state index contributed by atoms with van der Waals surface area (Å²) in [6.07, 6.45) is 1.06. The monoisotopic (exact) mass is 456 g/mol. The molecule has 32 heavy (non-hydrogen) atoms. The second-order valence-corrected chi connectivity index (χ2v) is 10.7. The maximum Gasteiger partial charge on any atom is 0.246 e. The van der Waals surface area contributed by atoms with Crippen LogP contribution in [0.4, 0.5) is 0 Å². The average molecular weight is 457 g/mol. The highest BCUT2D eigenvalue weighted by atomic mass is 32.2. The molecule has 2 aromatic carbocycles. The molecule has 8 nitrogen and oxygen atoms in total. The zero-order chi connectivity index (χ0) is 23.5. The van der Waals surface area contributed by atoms with Gasteiger partial charge in [-0.2, -0.15) is 9.29 Å². The van der Waals surface area contributed by atoms with Gasteiger partial charge in [0.15, 0.2) is 0 Å². The van der Waals surface area contributed by atoms with E-state index in [9.17, 15) is 13.2 Å². The molecule has 1 atom stereocenters. The molecule has 0 saturated heterocycles. The summed E-state index contributed by atoms with van der Waals surface area (Å²) in [5.74, 6) is 0.156. The van der Waals surface area contributed by atoms with E-state index in [1.807, 2.05) is 24.3 Å². The minimum atomic E-state index is -3.60. The van der Waals surface area contributed by atoms with Gasteiger partial charge in [-0.3, -0.25) is 4.79 Å². The number of rotatable bonds is 7. The number of benzene rings is 2. The highest BCUT2D eigenvalue weighted by Gasteiger charge is 2.30. The van der Waals surface area contributed by atoms with Crippen molar-refractivity contribution in [1.29, 1.82) is 0 Å². The molecule has 9 heteroatoms. The SMILES string of the molecule is CN(C(C(=O)NCc1nc(-c2ccc(C(C)(C)C)cc2)no1)c1ccccc1)S(C)(=O)=O. The summed E-state index contributed by atoms with van der Waals surface area (Å²) in [7, 11) is -2.23. The maximum atomic E-state index is 12.9. The Balaban J connectivity index is 1.73. The number of likely N-dealkylation sites (N-methyl/N-ethyl adjacent to an activating group) is 1. The van der Waals surface area contributed by atoms with Crippen molar-refractivity contribution in [1.82, 2.24) is 19.8 Å². The van der Waals surface area contributed by atoms with Gasteiger partial charge >= 0.3 is 0 Å². The maximum absolute atomic E-state index is 12.9. The molecule has 0 spiro atoms. The van der Waals surface area contributed by atoms with Gasteiger partial charge in [0.2, 0.25) is 27.6 Å². The van der Waals surface area contributed by atoms with E-state index in [2.05, 4.69) is 36.2 Å². The van der Waals surface area contributed by atoms with Gasteiger partial charge in [0.05, 0.1) is 12.8 Å². The van der Waals surface area contributed by atoms with Crippen molar-refractivity contribution in [3.05, 3.63) is 71.6 Å². The molecule has 170 valence electrons. The second-order valence-electron chi connectivity index (χ2n) is 8.65. The van der Waals surface area contributed by atoms with Gasteiger partial charge in [0, 0.05) is 12.6 Å². The lowest BCUT2D eigenvalue weighted by Gasteiger charge is -2.25. The Kier molecular flexibility index (Phi) is 6.80. The van der Waals surface area contributed by atoms with Crippen molar-refractivity contribution in [3.8, 4) is 11.4 Å². The van der Waals surface area contributed by atoms with Crippen molar-refractivity contribution >= 4 is 15.9 Å². The summed E-state index contributed by atoms with van der Waals surface area (Å²) in [5, 5.41) is 6.69. The van der Waals surface area contributed by atoms with Gasteiger partial charge in [-0.05, 0) is 16.5 Å². The predicted octanol–water partition coefficient (Wildman–Crippen LogP) is 3.28. The van der Waals surface area contributed by atoms with E-state index in [4.69, 9.17) is 4.52 Å². The van der Waals surface area contributed by atoms with Gasteiger partial charge in [-0.25, -0.2) is 8.42 Å². The number of hydrogen-bond donors (Lipinski definition) is 1. The third kappa shape index (κ3) is 5.60. The molecule has 0 aliphatic heterocycles. The first kappa shape index (κ1) is 23.6. The number of nitrogens with zero attached hydrogens (tertiary/aromatic N) is 3. The molecular formula is C23H28N4O4S. The van der Waals surface area contributed by atoms with E-state index >= 15 is 0 Å². The fraction of sp³-hybridized carbons (Fsp3) is 0.348. The Morgan fingerprint density at radius 3 is 2.28 bits per heavy atom. The highest BCUT2D eigenvalue weighted by Crippen LogP contribution is 2.25. The van der Waals surface area contributed by atoms with Gasteiger partial charge in [0.1, 0.15) is 6.04 Å². The smallest absolute Gasteiger partial charge is 0.246 e. The van der Waals surface area contributed by atoms with Crippen LogP contribution in [0.3, 0.4) is 0 Å². The lowest BCUT2D eigenvalue weighted by molar-refractivity contribution is -0.125. The second kappa shape index (κ2) is 9.22. The van der Waals surface area contributed by atoms with Crippen LogP contribution in [0.2, 0.25) is 0 Å². The summed E-state index contributed by atoms with van der Waals surface area (Å²) >= 11 is 0. The quantitative estimate of drug-likeness (QED) is 0.585. The van der Waals surface area contributed by atoms with Crippen LogP contribution >= 0.6 is 0 Å². The molecular weight excluding hydrogens is 428 g/mol. The van der Waals surface area contributed by atoms with E-state index in [1.165, 1.54) is 12.6 Å². The first-order valence-electron chi connectivity index (χ1n) is 10.2. The van der Waals surface area contributed by atoms with Crippen molar-refractivity contribution < 1.29 is 17.7 Å². The van der Waals surface area contributed by atoms with Gasteiger partial charge in [0.25, 0.3) is 0 Å². The van der Waals surface area contributed by atoms with Crippen LogP contribution in [0.1, 0.15) is 43.8 Å². The lowest BCUT2D eigenvalue weighted by atomic mass is 9.87. The zero-order valence-corrected chi connectivity index (χ0v) is 19.7. The first-order chi connectivity index (χ1) is 15.0. The number of aromatic nitrogens is 2. The Bertz CT molecular complexity index is 1170. The molecule has 1 unspecified atom stereocenters. The van der Waals surface area contributed by atoms with E-state index in [1.54, 1.807) is 30.3 Å². The van der Waals surface area contributed by atoms with E-state index in [-0.39, 0.29) is 17.9 Å². The van der Waals surface area contributed by atoms with Crippen LogP contribution in [0.5, 0.6) is 0 Å². The van der Waals surface area contributed by atoms with Gasteiger partial charge in [-0.15, -0.1) is 0 Å². The molecule has 0 radical (unpaired) electrons. The molecule has 0 aliphatic rings. The van der Waals surface area contributed by atoms with Crippen molar-refractivity contribution in [2.45, 2.75) is 38.8 Å². The molecule has 3 rings (SSSR count). The lowest BCUT2D eigenvalue weighted by Crippen LogP contribution is -2.41. The Morgan fingerprint density at radius 1 is 1.09 bits per heavy atom. The number of carbonyl (C=O) groups is 1. The minimum absolute atomic E-state index is 0.0210. The fourth-order valence-corrected chi connectivity index (χ4v) is 3.78. The molecule has 0 aliphatic carbocycles. The van der Waals surface area contributed by atoms with E-state index in [0.29, 0.717) is 11.4 Å². The molecule has 0 bridgehead atoms. The summed E-state index contributed by atoms with van der Waals surface area (Å²) in [4.78, 5) is 17.3. The molecule has 3 aromatic rings. The number of nitrogens with one attached hydrogen (secondary N) is 1. The van der Waals surface area contributed by atoms with Crippen molar-refractivity contribution in [2.75, 3.05) is 13.3 Å². The number of amides is 1. The van der Waals surface area contributed by atoms with Crippen LogP contribution in [0.15, 0.2) is 59.1 Å². The fourth-order valence-electron chi connectivity index (χ4n) is 3.18. The van der Waals surface area contributed by atoms with Crippen LogP contribution in [0, 0.1) is 0 Å². The number of hydrogen-bond acceptors (Lipinski definition) is 6. The summed E-state index contributed by atoms with van der Waals surface area (Å²) in [5.41, 5.74) is 2.60. The molecule has 0 saturated carbocycles. The number of carbonyl (C=O) groups excluding carboxylic acids is 1. The third-order valence-electron chi connectivity index (χ3n) is 5.14. The van der Waals surface area contributed by atoms with E-state index in [0.717, 1.165) is 16.1 Å². The molecule has 1 aromatic heterocycles. The predicted molar refractivity (Wildman–Crippen MR) is 122 cm³/mol. The molecule has 1 heterocycles. The highest BCUT2D eigenvalue weighted by molar-refractivity contribution is 7.88. The molecule has 0 fully saturated rings. The van der Waals surface area contributed by atoms with Crippen LogP contribution in [-0.2, 0) is 26.8 Å². The number of sulfonamides is 1. The average Bonchev–Trinajstić information content (AvgIpc) is 3.21. The molecule has 1 amide bonds. The van der Waals surface area contributed by atoms with E-state index < -0.39 is 22.0 Å². The largest absolute Gasteiger partial charge is 0.345 e. The van der Waals surface area contributed by atoms with Crippen LogP contribution in [-0.4, -0.2) is 42.1 Å². The Hall–Kier alpha value is -3.04. The van der Waals surface area contributed by atoms with Gasteiger partial charge in [-0.1, -0.05) is 80.5 Å². The standard InChI is InChI=1S/C23H28N4O4S/c1-23(2,3)18-13-11-17(12-14-18)21-25-19(31-26-21)15-24-22(28)20(27(4)32(5,29)30)16-9-7-6-8-10-16/h6-14,20H,15H2,1-5H3,(H,24,28). The topological polar surface area (TPSA) is 105 Å². The summed E-state index contributed by atoms with van der Waals surface area (Å²) in [6.45, 7) is 6.40. The Labute approximate surface area is 188 Å². The van der Waals surface area contributed by atoms with Crippen LogP contribution < -0.4 is 5.32 Å². The van der Waals surface area contributed by atoms with Crippen molar-refractivity contribution in [2.24, 2.45) is 0 Å². The normalized spacial score (nSPS) is 13.2. The molecule has 1 N–H and O–H groups in total. The van der Waals surface area contributed by atoms with Gasteiger partial charge < -0.3 is 9.84 Å². The summed E-state index contributed by atoms with van der Waals surface area (Å²) < 4.78 is 30.5. The van der Waals surface area contributed by atoms with Crippen molar-refractivity contribution in [3.63, 3.8) is 0 Å². The zero-order valence-electron chi connectivity index (χ0n) is 18.9. The first-order valence-corrected chi connectivity index (χ1v) is 12.0. The summed E-state index contributed by atoms with van der Waals surface area (Å²) in [6, 6.07) is 15.6. The third-order valence-corrected chi connectivity index (χ3v) is 6.40. The Morgan fingerprint density at radius 2 is 1.72 bits per heavy atom.